The average molecular weight is 467 g/mol. The van der Waals surface area contributed by atoms with Gasteiger partial charge in [0.15, 0.2) is 5.78 Å². The molecule has 0 saturated carbocycles. The van der Waals surface area contributed by atoms with E-state index in [0.717, 1.165) is 37.6 Å². The number of likely N-dealkylation sites (tertiary alicyclic amines) is 1. The molecule has 1 heterocycles. The summed E-state index contributed by atoms with van der Waals surface area (Å²) in [4.78, 5) is 27.6. The van der Waals surface area contributed by atoms with E-state index in [1.807, 2.05) is 38.1 Å². The van der Waals surface area contributed by atoms with Gasteiger partial charge in [0.1, 0.15) is 11.5 Å². The molecule has 6 nitrogen and oxygen atoms in total. The Kier molecular flexibility index (Phi) is 9.95. The van der Waals surface area contributed by atoms with Crippen LogP contribution in [0, 0.1) is 0 Å². The molecule has 2 aromatic rings. The number of amides is 1. The predicted molar refractivity (Wildman–Crippen MR) is 135 cm³/mol. The van der Waals surface area contributed by atoms with Crippen LogP contribution in [0.5, 0.6) is 11.5 Å². The average Bonchev–Trinajstić information content (AvgIpc) is 3.32. The maximum absolute atomic E-state index is 12.7. The van der Waals surface area contributed by atoms with E-state index in [9.17, 15) is 9.59 Å². The molecule has 3 rings (SSSR count). The predicted octanol–water partition coefficient (Wildman–Crippen LogP) is 4.66. The highest BCUT2D eigenvalue weighted by Gasteiger charge is 2.20. The fourth-order valence-corrected chi connectivity index (χ4v) is 4.33. The molecule has 1 aliphatic rings. The molecule has 184 valence electrons. The van der Waals surface area contributed by atoms with Crippen LogP contribution in [0.4, 0.5) is 0 Å². The zero-order chi connectivity index (χ0) is 24.3. The smallest absolute Gasteiger partial charge is 0.220 e. The summed E-state index contributed by atoms with van der Waals surface area (Å²) in [5, 5.41) is 3.22. The van der Waals surface area contributed by atoms with Crippen molar-refractivity contribution in [3.63, 3.8) is 0 Å². The Morgan fingerprint density at radius 3 is 2.21 bits per heavy atom. The number of methoxy groups -OCH3 is 1. The minimum Gasteiger partial charge on any atom is -0.497 e. The molecule has 1 aliphatic heterocycles. The van der Waals surface area contributed by atoms with E-state index < -0.39 is 0 Å². The molecule has 0 radical (unpaired) electrons. The van der Waals surface area contributed by atoms with E-state index in [4.69, 9.17) is 9.47 Å². The molecule has 1 atom stereocenters. The molecule has 0 aliphatic carbocycles. The van der Waals surface area contributed by atoms with Crippen molar-refractivity contribution in [3.05, 3.63) is 59.7 Å². The van der Waals surface area contributed by atoms with Crippen LogP contribution in [-0.2, 0) is 11.2 Å². The van der Waals surface area contributed by atoms with Gasteiger partial charge in [0, 0.05) is 31.0 Å². The van der Waals surface area contributed by atoms with Gasteiger partial charge in [0.25, 0.3) is 0 Å². The number of ether oxygens (including phenoxy) is 2. The van der Waals surface area contributed by atoms with Crippen molar-refractivity contribution >= 4 is 11.7 Å². The van der Waals surface area contributed by atoms with Crippen LogP contribution in [0.1, 0.15) is 61.9 Å². The van der Waals surface area contributed by atoms with E-state index in [-0.39, 0.29) is 23.8 Å². The second kappa shape index (κ2) is 13.1. The molecule has 1 saturated heterocycles. The third-order valence-electron chi connectivity index (χ3n) is 6.04. The molecule has 1 fully saturated rings. The Balaban J connectivity index is 1.48. The minimum atomic E-state index is 0.00573. The first kappa shape index (κ1) is 25.8. The van der Waals surface area contributed by atoms with Crippen molar-refractivity contribution in [3.8, 4) is 11.5 Å². The summed E-state index contributed by atoms with van der Waals surface area (Å²) in [5.74, 6) is 1.64. The van der Waals surface area contributed by atoms with Crippen LogP contribution in [-0.4, -0.2) is 55.5 Å². The van der Waals surface area contributed by atoms with E-state index in [1.165, 1.54) is 18.4 Å². The van der Waals surface area contributed by atoms with Crippen molar-refractivity contribution < 1.29 is 19.1 Å². The van der Waals surface area contributed by atoms with Crippen LogP contribution in [0.2, 0.25) is 0 Å². The summed E-state index contributed by atoms with van der Waals surface area (Å²) < 4.78 is 10.9. The summed E-state index contributed by atoms with van der Waals surface area (Å²) in [6.07, 6.45) is 4.54. The third kappa shape index (κ3) is 8.49. The second-order valence-corrected chi connectivity index (χ2v) is 9.29. The number of nitrogens with zero attached hydrogens (tertiary/aromatic N) is 1. The normalized spacial score (nSPS) is 14.7. The fourth-order valence-electron chi connectivity index (χ4n) is 4.33. The van der Waals surface area contributed by atoms with Crippen molar-refractivity contribution in [2.75, 3.05) is 26.7 Å². The zero-order valence-electron chi connectivity index (χ0n) is 20.7. The molecule has 6 heteroatoms. The van der Waals surface area contributed by atoms with Crippen LogP contribution >= 0.6 is 0 Å². The summed E-state index contributed by atoms with van der Waals surface area (Å²) in [6.45, 7) is 6.96. The highest BCUT2D eigenvalue weighted by atomic mass is 16.5. The van der Waals surface area contributed by atoms with E-state index >= 15 is 0 Å². The van der Waals surface area contributed by atoms with Crippen LogP contribution in [0.25, 0.3) is 0 Å². The second-order valence-electron chi connectivity index (χ2n) is 9.29. The van der Waals surface area contributed by atoms with Crippen molar-refractivity contribution in [1.29, 1.82) is 0 Å². The lowest BCUT2D eigenvalue weighted by Crippen LogP contribution is -2.44. The molecule has 2 aromatic carbocycles. The molecule has 1 unspecified atom stereocenters. The molecule has 1 N–H and O–H groups in total. The number of Topliss-reactive ketones (excluding diaryl/α,β-unsaturated/α-hetero) is 1. The number of benzene rings is 2. The number of ketones is 1. The summed E-state index contributed by atoms with van der Waals surface area (Å²) in [6, 6.07) is 15.3. The molecule has 1 amide bonds. The lowest BCUT2D eigenvalue weighted by Gasteiger charge is -2.25. The van der Waals surface area contributed by atoms with Crippen molar-refractivity contribution in [1.82, 2.24) is 10.2 Å². The Bertz CT molecular complexity index is 903. The van der Waals surface area contributed by atoms with Crippen LogP contribution in [0.15, 0.2) is 48.5 Å². The molecular weight excluding hydrogens is 428 g/mol. The van der Waals surface area contributed by atoms with Gasteiger partial charge < -0.3 is 19.7 Å². The van der Waals surface area contributed by atoms with Gasteiger partial charge in [-0.25, -0.2) is 0 Å². The monoisotopic (exact) mass is 466 g/mol. The Morgan fingerprint density at radius 1 is 0.941 bits per heavy atom. The highest BCUT2D eigenvalue weighted by Crippen LogP contribution is 2.17. The first-order valence-electron chi connectivity index (χ1n) is 12.4. The van der Waals surface area contributed by atoms with Crippen molar-refractivity contribution in [2.45, 2.75) is 64.5 Å². The van der Waals surface area contributed by atoms with Crippen LogP contribution in [0.3, 0.4) is 0 Å². The van der Waals surface area contributed by atoms with E-state index in [0.29, 0.717) is 24.8 Å². The quantitative estimate of drug-likeness (QED) is 0.435. The van der Waals surface area contributed by atoms with Gasteiger partial charge in [-0.2, -0.15) is 0 Å². The van der Waals surface area contributed by atoms with Crippen LogP contribution < -0.4 is 14.8 Å². The largest absolute Gasteiger partial charge is 0.497 e. The van der Waals surface area contributed by atoms with E-state index in [2.05, 4.69) is 22.3 Å². The summed E-state index contributed by atoms with van der Waals surface area (Å²) in [5.41, 5.74) is 1.83. The minimum absolute atomic E-state index is 0.00573. The van der Waals surface area contributed by atoms with E-state index in [1.54, 1.807) is 19.2 Å². The maximum atomic E-state index is 12.7. The first-order valence-corrected chi connectivity index (χ1v) is 12.4. The molecule has 0 spiro atoms. The Hall–Kier alpha value is -2.86. The zero-order valence-corrected chi connectivity index (χ0v) is 20.7. The maximum Gasteiger partial charge on any atom is 0.220 e. The summed E-state index contributed by atoms with van der Waals surface area (Å²) >= 11 is 0. The third-order valence-corrected chi connectivity index (χ3v) is 6.04. The number of hydrogen-bond donors (Lipinski definition) is 1. The lowest BCUT2D eigenvalue weighted by molar-refractivity contribution is -0.122. The van der Waals surface area contributed by atoms with Gasteiger partial charge in [-0.1, -0.05) is 12.1 Å². The number of nitrogens with one attached hydrogen (secondary N) is 1. The molecule has 0 aromatic heterocycles. The van der Waals surface area contributed by atoms with Crippen molar-refractivity contribution in [2.24, 2.45) is 0 Å². The SMILES string of the molecule is COc1ccc(CC(CN2CCCC2)NC(=O)CCCC(=O)c2ccc(OC(C)C)cc2)cc1. The highest BCUT2D eigenvalue weighted by molar-refractivity contribution is 5.96. The number of hydrogen-bond acceptors (Lipinski definition) is 5. The van der Waals surface area contributed by atoms with Gasteiger partial charge in [-0.15, -0.1) is 0 Å². The lowest BCUT2D eigenvalue weighted by atomic mass is 10.0. The summed E-state index contributed by atoms with van der Waals surface area (Å²) in [7, 11) is 1.66. The molecular formula is C28H38N2O4. The number of rotatable bonds is 13. The van der Waals surface area contributed by atoms with Gasteiger partial charge in [0.05, 0.1) is 13.2 Å². The molecule has 34 heavy (non-hydrogen) atoms. The first-order chi connectivity index (χ1) is 16.4. The van der Waals surface area contributed by atoms with Gasteiger partial charge in [-0.3, -0.25) is 9.59 Å². The van der Waals surface area contributed by atoms with Gasteiger partial charge in [-0.05, 0) is 94.6 Å². The van der Waals surface area contributed by atoms with Gasteiger partial charge >= 0.3 is 0 Å². The fraction of sp³-hybridized carbons (Fsp3) is 0.500. The Labute approximate surface area is 203 Å². The number of carbonyl (C=O) groups is 2. The number of carbonyl (C=O) groups excluding carboxylic acids is 2. The Morgan fingerprint density at radius 2 is 1.59 bits per heavy atom. The topological polar surface area (TPSA) is 67.9 Å². The van der Waals surface area contributed by atoms with Gasteiger partial charge in [0.2, 0.25) is 5.91 Å². The standard InChI is InChI=1S/C28H38N2O4/c1-21(2)34-26-15-11-23(12-16-26)27(31)7-6-8-28(32)29-24(20-30-17-4-5-18-30)19-22-9-13-25(33-3)14-10-22/h9-16,21,24H,4-8,17-20H2,1-3H3,(H,29,32). The molecule has 0 bridgehead atoms.